The second-order valence-corrected chi connectivity index (χ2v) is 7.25. The van der Waals surface area contributed by atoms with Crippen LogP contribution in [0.2, 0.25) is 0 Å². The van der Waals surface area contributed by atoms with Crippen molar-refractivity contribution in [3.05, 3.63) is 5.01 Å². The molecule has 1 heterocycles. The number of carboxylic acid groups (broad SMARTS) is 1. The lowest BCUT2D eigenvalue weighted by molar-refractivity contribution is -0.154. The first-order valence-electron chi connectivity index (χ1n) is 6.53. The van der Waals surface area contributed by atoms with Gasteiger partial charge < -0.3 is 10.4 Å². The number of hydrogen-bond donors (Lipinski definition) is 2. The molecule has 6 nitrogen and oxygen atoms in total. The topological polar surface area (TPSA) is 92.2 Å². The van der Waals surface area contributed by atoms with Crippen LogP contribution in [0.5, 0.6) is 0 Å². The van der Waals surface area contributed by atoms with E-state index in [9.17, 15) is 14.7 Å². The lowest BCUT2D eigenvalue weighted by Crippen LogP contribution is -2.43. The molecule has 1 fully saturated rings. The molecular weight excluding hydrogens is 278 g/mol. The Labute approximate surface area is 121 Å². The van der Waals surface area contributed by atoms with E-state index in [1.54, 1.807) is 6.92 Å². The third kappa shape index (κ3) is 2.19. The standard InChI is InChI=1S/C13H19N3O3S/c1-7-15-16-11(20-7)14-9(17)8-5-6-13(4,10(18)19)12(8,2)3/h8H,5-6H2,1-4H3,(H,18,19)(H,14,16,17). The average Bonchev–Trinajstić information content (AvgIpc) is 2.83. The second-order valence-electron chi connectivity index (χ2n) is 6.07. The SMILES string of the molecule is Cc1nnc(NC(=O)C2CCC(C)(C(=O)O)C2(C)C)s1. The number of anilines is 1. The molecule has 1 aliphatic carbocycles. The maximum Gasteiger partial charge on any atom is 0.309 e. The van der Waals surface area contributed by atoms with Crippen LogP contribution in [0.1, 0.15) is 38.6 Å². The van der Waals surface area contributed by atoms with Gasteiger partial charge in [-0.1, -0.05) is 25.2 Å². The maximum atomic E-state index is 12.4. The number of rotatable bonds is 3. The molecule has 7 heteroatoms. The molecule has 2 atom stereocenters. The lowest BCUT2D eigenvalue weighted by atomic mass is 9.65. The van der Waals surface area contributed by atoms with E-state index >= 15 is 0 Å². The van der Waals surface area contributed by atoms with Gasteiger partial charge in [-0.25, -0.2) is 0 Å². The third-order valence-corrected chi connectivity index (χ3v) is 5.53. The van der Waals surface area contributed by atoms with Gasteiger partial charge in [-0.3, -0.25) is 9.59 Å². The summed E-state index contributed by atoms with van der Waals surface area (Å²) in [7, 11) is 0. The molecule has 1 aromatic rings. The second kappa shape index (κ2) is 4.80. The zero-order chi connectivity index (χ0) is 15.1. The van der Waals surface area contributed by atoms with Gasteiger partial charge in [0.05, 0.1) is 5.41 Å². The van der Waals surface area contributed by atoms with E-state index in [1.807, 2.05) is 20.8 Å². The van der Waals surface area contributed by atoms with E-state index in [4.69, 9.17) is 0 Å². The number of carbonyl (C=O) groups excluding carboxylic acids is 1. The summed E-state index contributed by atoms with van der Waals surface area (Å²) >= 11 is 1.31. The molecule has 0 aromatic carbocycles. The average molecular weight is 297 g/mol. The number of aromatic nitrogens is 2. The fraction of sp³-hybridized carbons (Fsp3) is 0.692. The minimum absolute atomic E-state index is 0.170. The highest BCUT2D eigenvalue weighted by atomic mass is 32.1. The Morgan fingerprint density at radius 3 is 2.45 bits per heavy atom. The zero-order valence-corrected chi connectivity index (χ0v) is 12.9. The number of nitrogens with one attached hydrogen (secondary N) is 1. The minimum Gasteiger partial charge on any atom is -0.481 e. The molecule has 0 radical (unpaired) electrons. The van der Waals surface area contributed by atoms with Crippen molar-refractivity contribution in [3.63, 3.8) is 0 Å². The molecule has 0 spiro atoms. The molecule has 1 aromatic heterocycles. The van der Waals surface area contributed by atoms with Gasteiger partial charge in [-0.05, 0) is 32.1 Å². The molecule has 1 aliphatic rings. The lowest BCUT2D eigenvalue weighted by Gasteiger charge is -2.37. The van der Waals surface area contributed by atoms with Crippen molar-refractivity contribution in [1.29, 1.82) is 0 Å². The van der Waals surface area contributed by atoms with Crippen molar-refractivity contribution in [1.82, 2.24) is 10.2 Å². The predicted molar refractivity (Wildman–Crippen MR) is 75.5 cm³/mol. The molecule has 1 saturated carbocycles. The van der Waals surface area contributed by atoms with E-state index in [0.717, 1.165) is 5.01 Å². The van der Waals surface area contributed by atoms with E-state index in [1.165, 1.54) is 11.3 Å². The molecule has 1 amide bonds. The third-order valence-electron chi connectivity index (χ3n) is 4.77. The van der Waals surface area contributed by atoms with E-state index in [-0.39, 0.29) is 11.8 Å². The number of carbonyl (C=O) groups is 2. The van der Waals surface area contributed by atoms with Crippen molar-refractivity contribution in [2.75, 3.05) is 5.32 Å². The number of amides is 1. The van der Waals surface area contributed by atoms with E-state index < -0.39 is 16.8 Å². The monoisotopic (exact) mass is 297 g/mol. The van der Waals surface area contributed by atoms with Crippen LogP contribution < -0.4 is 5.32 Å². The van der Waals surface area contributed by atoms with Gasteiger partial charge in [0.1, 0.15) is 5.01 Å². The van der Waals surface area contributed by atoms with Gasteiger partial charge in [-0.2, -0.15) is 0 Å². The summed E-state index contributed by atoms with van der Waals surface area (Å²) in [5, 5.41) is 21.2. The van der Waals surface area contributed by atoms with Crippen molar-refractivity contribution < 1.29 is 14.7 Å². The first-order valence-corrected chi connectivity index (χ1v) is 7.34. The highest BCUT2D eigenvalue weighted by Crippen LogP contribution is 2.56. The molecular formula is C13H19N3O3S. The van der Waals surface area contributed by atoms with Crippen LogP contribution in [-0.2, 0) is 9.59 Å². The summed E-state index contributed by atoms with van der Waals surface area (Å²) in [5.41, 5.74) is -1.49. The Bertz CT molecular complexity index is 555. The quantitative estimate of drug-likeness (QED) is 0.893. The molecule has 20 heavy (non-hydrogen) atoms. The highest BCUT2D eigenvalue weighted by molar-refractivity contribution is 7.15. The van der Waals surface area contributed by atoms with Gasteiger partial charge in [0, 0.05) is 5.92 Å². The van der Waals surface area contributed by atoms with Crippen LogP contribution in [0.25, 0.3) is 0 Å². The van der Waals surface area contributed by atoms with Gasteiger partial charge in [0.2, 0.25) is 11.0 Å². The number of nitrogens with zero attached hydrogens (tertiary/aromatic N) is 2. The van der Waals surface area contributed by atoms with Gasteiger partial charge in [0.15, 0.2) is 0 Å². The first-order chi connectivity index (χ1) is 9.18. The first kappa shape index (κ1) is 14.9. The maximum absolute atomic E-state index is 12.4. The minimum atomic E-state index is -0.883. The van der Waals surface area contributed by atoms with Crippen LogP contribution in [0.15, 0.2) is 0 Å². The summed E-state index contributed by atoms with van der Waals surface area (Å²) in [6, 6.07) is 0. The fourth-order valence-corrected chi connectivity index (χ4v) is 3.48. The molecule has 0 saturated heterocycles. The Balaban J connectivity index is 2.18. The molecule has 0 bridgehead atoms. The Morgan fingerprint density at radius 1 is 1.35 bits per heavy atom. The van der Waals surface area contributed by atoms with Crippen LogP contribution >= 0.6 is 11.3 Å². The molecule has 2 N–H and O–H groups in total. The zero-order valence-electron chi connectivity index (χ0n) is 12.1. The fourth-order valence-electron chi connectivity index (χ4n) is 2.88. The number of carboxylic acids is 1. The van der Waals surface area contributed by atoms with Gasteiger partial charge in [-0.15, -0.1) is 10.2 Å². The van der Waals surface area contributed by atoms with Crippen LogP contribution in [-0.4, -0.2) is 27.2 Å². The highest BCUT2D eigenvalue weighted by Gasteiger charge is 2.58. The van der Waals surface area contributed by atoms with Crippen molar-refractivity contribution in [3.8, 4) is 0 Å². The summed E-state index contributed by atoms with van der Waals surface area (Å²) in [6.07, 6.45) is 1.07. The predicted octanol–water partition coefficient (Wildman–Crippen LogP) is 2.31. The van der Waals surface area contributed by atoms with E-state index in [2.05, 4.69) is 15.5 Å². The number of aliphatic carboxylic acids is 1. The molecule has 2 rings (SSSR count). The van der Waals surface area contributed by atoms with Crippen LogP contribution in [0.3, 0.4) is 0 Å². The van der Waals surface area contributed by atoms with Crippen molar-refractivity contribution in [2.45, 2.75) is 40.5 Å². The summed E-state index contributed by atoms with van der Waals surface area (Å²) in [4.78, 5) is 23.9. The number of aryl methyl sites for hydroxylation is 1. The van der Waals surface area contributed by atoms with Crippen molar-refractivity contribution >= 4 is 28.3 Å². The Morgan fingerprint density at radius 2 is 2.00 bits per heavy atom. The molecule has 2 unspecified atom stereocenters. The normalized spacial score (nSPS) is 28.3. The van der Waals surface area contributed by atoms with Crippen molar-refractivity contribution in [2.24, 2.45) is 16.7 Å². The largest absolute Gasteiger partial charge is 0.481 e. The molecule has 110 valence electrons. The van der Waals surface area contributed by atoms with Gasteiger partial charge >= 0.3 is 5.97 Å². The Kier molecular flexibility index (Phi) is 3.58. The smallest absolute Gasteiger partial charge is 0.309 e. The van der Waals surface area contributed by atoms with Crippen LogP contribution in [0.4, 0.5) is 5.13 Å². The molecule has 0 aliphatic heterocycles. The number of hydrogen-bond acceptors (Lipinski definition) is 5. The van der Waals surface area contributed by atoms with Gasteiger partial charge in [0.25, 0.3) is 0 Å². The van der Waals surface area contributed by atoms with E-state index in [0.29, 0.717) is 18.0 Å². The summed E-state index contributed by atoms with van der Waals surface area (Å²) in [6.45, 7) is 7.24. The Hall–Kier alpha value is -1.50. The summed E-state index contributed by atoms with van der Waals surface area (Å²) in [5.74, 6) is -1.35. The van der Waals surface area contributed by atoms with Crippen LogP contribution in [0, 0.1) is 23.7 Å². The summed E-state index contributed by atoms with van der Waals surface area (Å²) < 4.78 is 0.